The van der Waals surface area contributed by atoms with Crippen molar-refractivity contribution >= 4 is 10.9 Å². The van der Waals surface area contributed by atoms with E-state index in [9.17, 15) is 0 Å². The Balaban J connectivity index is 1.82. The first-order valence-corrected chi connectivity index (χ1v) is 8.28. The molecule has 1 aliphatic heterocycles. The van der Waals surface area contributed by atoms with E-state index in [0.29, 0.717) is 6.61 Å². The third-order valence-corrected chi connectivity index (χ3v) is 5.00. The number of aromatic nitrogens is 2. The minimum absolute atomic E-state index is 0.549. The molecule has 0 unspecified atom stereocenters. The summed E-state index contributed by atoms with van der Waals surface area (Å²) < 4.78 is 11.4. The van der Waals surface area contributed by atoms with E-state index in [2.05, 4.69) is 37.0 Å². The Morgan fingerprint density at radius 3 is 2.68 bits per heavy atom. The first kappa shape index (κ1) is 14.2. The monoisotopic (exact) mass is 328 g/mol. The molecule has 0 saturated heterocycles. The van der Waals surface area contributed by atoms with Gasteiger partial charge in [-0.05, 0) is 49.2 Å². The molecule has 0 aliphatic carbocycles. The summed E-state index contributed by atoms with van der Waals surface area (Å²) in [6.45, 7) is 4.81. The van der Waals surface area contributed by atoms with Gasteiger partial charge in [-0.15, -0.1) is 0 Å². The highest BCUT2D eigenvalue weighted by molar-refractivity contribution is 5.94. The lowest BCUT2D eigenvalue weighted by Gasteiger charge is -2.23. The standard InChI is InChI=1S/C21H16N2O2/c1-12-14(19-9-22-11-25-19)7-8-17-20(12)13(2)16-10-24-18-6-4-3-5-15(18)21(16)23-17/h3-9,11H,10H2,1-2H3. The van der Waals surface area contributed by atoms with Crippen molar-refractivity contribution in [3.05, 3.63) is 65.7 Å². The molecule has 0 bridgehead atoms. The maximum atomic E-state index is 5.95. The molecule has 0 radical (unpaired) electrons. The lowest BCUT2D eigenvalue weighted by molar-refractivity contribution is 0.301. The number of nitrogens with zero attached hydrogens (tertiary/aromatic N) is 2. The highest BCUT2D eigenvalue weighted by Gasteiger charge is 2.23. The van der Waals surface area contributed by atoms with Crippen molar-refractivity contribution < 1.29 is 9.15 Å². The van der Waals surface area contributed by atoms with Crippen molar-refractivity contribution in [2.75, 3.05) is 0 Å². The fourth-order valence-electron chi connectivity index (χ4n) is 3.73. The molecular formula is C21H16N2O2. The second kappa shape index (κ2) is 5.18. The molecular weight excluding hydrogens is 312 g/mol. The zero-order valence-electron chi connectivity index (χ0n) is 14.0. The van der Waals surface area contributed by atoms with E-state index in [1.54, 1.807) is 6.20 Å². The second-order valence-corrected chi connectivity index (χ2v) is 6.35. The van der Waals surface area contributed by atoms with Crippen molar-refractivity contribution in [3.63, 3.8) is 0 Å². The van der Waals surface area contributed by atoms with E-state index < -0.39 is 0 Å². The number of benzene rings is 2. The molecule has 2 aromatic carbocycles. The molecule has 0 atom stereocenters. The van der Waals surface area contributed by atoms with E-state index in [1.807, 2.05) is 18.2 Å². The quantitative estimate of drug-likeness (QED) is 0.490. The van der Waals surface area contributed by atoms with Crippen molar-refractivity contribution in [2.24, 2.45) is 0 Å². The number of pyridine rings is 1. The summed E-state index contributed by atoms with van der Waals surface area (Å²) in [5, 5.41) is 1.16. The van der Waals surface area contributed by atoms with Crippen LogP contribution < -0.4 is 4.74 Å². The summed E-state index contributed by atoms with van der Waals surface area (Å²) in [5.74, 6) is 1.68. The number of fused-ring (bicyclic) bond motifs is 4. The van der Waals surface area contributed by atoms with Gasteiger partial charge in [-0.3, -0.25) is 0 Å². The van der Waals surface area contributed by atoms with Crippen LogP contribution in [0.4, 0.5) is 0 Å². The van der Waals surface area contributed by atoms with Crippen LogP contribution in [0.2, 0.25) is 0 Å². The molecule has 122 valence electrons. The minimum atomic E-state index is 0.549. The van der Waals surface area contributed by atoms with Gasteiger partial charge in [0.15, 0.2) is 12.2 Å². The molecule has 4 nitrogen and oxygen atoms in total. The Labute approximate surface area is 145 Å². The van der Waals surface area contributed by atoms with Crippen LogP contribution in [0, 0.1) is 13.8 Å². The topological polar surface area (TPSA) is 48.2 Å². The van der Waals surface area contributed by atoms with Crippen molar-refractivity contribution in [2.45, 2.75) is 20.5 Å². The summed E-state index contributed by atoms with van der Waals surface area (Å²) in [6.07, 6.45) is 3.20. The Bertz CT molecular complexity index is 1110. The normalized spacial score (nSPS) is 12.6. The minimum Gasteiger partial charge on any atom is -0.488 e. The molecule has 4 aromatic rings. The Morgan fingerprint density at radius 1 is 0.960 bits per heavy atom. The van der Waals surface area contributed by atoms with Gasteiger partial charge in [0.25, 0.3) is 0 Å². The average Bonchev–Trinajstić information content (AvgIpc) is 3.16. The van der Waals surface area contributed by atoms with Crippen LogP contribution in [0.5, 0.6) is 5.75 Å². The zero-order chi connectivity index (χ0) is 17.0. The molecule has 3 heterocycles. The highest BCUT2D eigenvalue weighted by atomic mass is 16.5. The number of para-hydroxylation sites is 1. The van der Waals surface area contributed by atoms with Gasteiger partial charge in [-0.1, -0.05) is 12.1 Å². The first-order chi connectivity index (χ1) is 12.2. The SMILES string of the molecule is Cc1c(-c2cnco2)ccc2nc3c(c(C)c12)COc1ccccc1-3. The molecule has 4 heteroatoms. The van der Waals surface area contributed by atoms with Gasteiger partial charge in [0.2, 0.25) is 0 Å². The lowest BCUT2D eigenvalue weighted by atomic mass is 9.92. The van der Waals surface area contributed by atoms with Crippen molar-refractivity contribution in [1.82, 2.24) is 9.97 Å². The molecule has 1 aliphatic rings. The Hall–Kier alpha value is -3.14. The molecule has 25 heavy (non-hydrogen) atoms. The predicted molar refractivity (Wildman–Crippen MR) is 96.5 cm³/mol. The summed E-state index contributed by atoms with van der Waals surface area (Å²) in [5.41, 5.74) is 7.66. The van der Waals surface area contributed by atoms with Crippen molar-refractivity contribution in [3.8, 4) is 28.3 Å². The molecule has 0 saturated carbocycles. The molecule has 0 amide bonds. The fourth-order valence-corrected chi connectivity index (χ4v) is 3.73. The molecule has 5 rings (SSSR count). The maximum absolute atomic E-state index is 5.95. The van der Waals surface area contributed by atoms with Gasteiger partial charge in [0, 0.05) is 22.1 Å². The zero-order valence-corrected chi connectivity index (χ0v) is 14.0. The maximum Gasteiger partial charge on any atom is 0.181 e. The number of rotatable bonds is 1. The van der Waals surface area contributed by atoms with Gasteiger partial charge in [0.1, 0.15) is 12.4 Å². The summed E-state index contributed by atoms with van der Waals surface area (Å²) in [7, 11) is 0. The first-order valence-electron chi connectivity index (χ1n) is 8.28. The van der Waals surface area contributed by atoms with Crippen LogP contribution >= 0.6 is 0 Å². The summed E-state index contributed by atoms with van der Waals surface area (Å²) in [6, 6.07) is 12.2. The lowest BCUT2D eigenvalue weighted by Crippen LogP contribution is -2.10. The summed E-state index contributed by atoms with van der Waals surface area (Å²) >= 11 is 0. The van der Waals surface area contributed by atoms with E-state index in [1.165, 1.54) is 12.0 Å². The van der Waals surface area contributed by atoms with Crippen LogP contribution in [0.3, 0.4) is 0 Å². The van der Waals surface area contributed by atoms with Crippen LogP contribution in [0.15, 0.2) is 53.4 Å². The van der Waals surface area contributed by atoms with E-state index in [-0.39, 0.29) is 0 Å². The van der Waals surface area contributed by atoms with Crippen LogP contribution in [0.25, 0.3) is 33.5 Å². The third-order valence-electron chi connectivity index (χ3n) is 5.00. The molecule has 0 spiro atoms. The van der Waals surface area contributed by atoms with Gasteiger partial charge in [0.05, 0.1) is 17.4 Å². The van der Waals surface area contributed by atoms with Crippen LogP contribution in [0.1, 0.15) is 16.7 Å². The largest absolute Gasteiger partial charge is 0.488 e. The van der Waals surface area contributed by atoms with Crippen molar-refractivity contribution in [1.29, 1.82) is 0 Å². The van der Waals surface area contributed by atoms with Gasteiger partial charge in [-0.2, -0.15) is 0 Å². The van der Waals surface area contributed by atoms with Crippen LogP contribution in [-0.2, 0) is 6.61 Å². The van der Waals surface area contributed by atoms with Gasteiger partial charge < -0.3 is 9.15 Å². The summed E-state index contributed by atoms with van der Waals surface area (Å²) in [4.78, 5) is 9.01. The number of aryl methyl sites for hydroxylation is 2. The molecule has 0 fully saturated rings. The number of ether oxygens (including phenoxy) is 1. The number of hydrogen-bond acceptors (Lipinski definition) is 4. The highest BCUT2D eigenvalue weighted by Crippen LogP contribution is 2.41. The smallest absolute Gasteiger partial charge is 0.181 e. The Kier molecular flexibility index (Phi) is 2.95. The predicted octanol–water partition coefficient (Wildman–Crippen LogP) is 5.07. The van der Waals surface area contributed by atoms with Gasteiger partial charge >= 0.3 is 0 Å². The molecule has 0 N–H and O–H groups in total. The van der Waals surface area contributed by atoms with Gasteiger partial charge in [-0.25, -0.2) is 9.97 Å². The Morgan fingerprint density at radius 2 is 1.84 bits per heavy atom. The molecule has 2 aromatic heterocycles. The van der Waals surface area contributed by atoms with E-state index in [4.69, 9.17) is 14.1 Å². The van der Waals surface area contributed by atoms with E-state index >= 15 is 0 Å². The fraction of sp³-hybridized carbons (Fsp3) is 0.143. The third kappa shape index (κ3) is 2.00. The average molecular weight is 328 g/mol. The second-order valence-electron chi connectivity index (χ2n) is 6.35. The van der Waals surface area contributed by atoms with Crippen LogP contribution in [-0.4, -0.2) is 9.97 Å². The van der Waals surface area contributed by atoms with E-state index in [0.717, 1.165) is 50.4 Å². The number of hydrogen-bond donors (Lipinski definition) is 0. The number of oxazole rings is 1.